The Hall–Kier alpha value is -1.82. The van der Waals surface area contributed by atoms with Crippen LogP contribution in [0.4, 0.5) is 5.82 Å². The van der Waals surface area contributed by atoms with Crippen molar-refractivity contribution in [1.29, 1.82) is 0 Å². The minimum Gasteiger partial charge on any atom is -0.366 e. The van der Waals surface area contributed by atoms with E-state index in [2.05, 4.69) is 15.7 Å². The fourth-order valence-electron chi connectivity index (χ4n) is 3.46. The van der Waals surface area contributed by atoms with Crippen LogP contribution in [0.15, 0.2) is 0 Å². The van der Waals surface area contributed by atoms with Crippen molar-refractivity contribution in [3.63, 3.8) is 0 Å². The number of anilines is 1. The number of amides is 1. The molecule has 0 saturated heterocycles. The van der Waals surface area contributed by atoms with E-state index in [-0.39, 0.29) is 17.9 Å². The Morgan fingerprint density at radius 1 is 1.35 bits per heavy atom. The Labute approximate surface area is 140 Å². The van der Waals surface area contributed by atoms with Crippen molar-refractivity contribution in [1.82, 2.24) is 20.1 Å². The van der Waals surface area contributed by atoms with Crippen LogP contribution in [0.2, 0.25) is 5.02 Å². The molecule has 7 heteroatoms. The summed E-state index contributed by atoms with van der Waals surface area (Å²) < 4.78 is 1.74. The second-order valence-corrected chi connectivity index (χ2v) is 6.59. The Morgan fingerprint density at radius 3 is 2.78 bits per heavy atom. The van der Waals surface area contributed by atoms with Crippen LogP contribution in [0.25, 0.3) is 11.0 Å². The van der Waals surface area contributed by atoms with E-state index in [1.165, 1.54) is 0 Å². The fourth-order valence-corrected chi connectivity index (χ4v) is 3.77. The molecule has 1 fully saturated rings. The summed E-state index contributed by atoms with van der Waals surface area (Å²) in [5, 5.41) is 12.2. The third-order valence-corrected chi connectivity index (χ3v) is 5.21. The van der Waals surface area contributed by atoms with Crippen LogP contribution in [0, 0.1) is 19.8 Å². The van der Waals surface area contributed by atoms with Gasteiger partial charge in [0.2, 0.25) is 5.91 Å². The van der Waals surface area contributed by atoms with Crippen LogP contribution in [-0.4, -0.2) is 33.8 Å². The fraction of sp³-hybridized carbons (Fsp3) is 0.562. The number of rotatable bonds is 3. The van der Waals surface area contributed by atoms with Crippen molar-refractivity contribution in [3.05, 3.63) is 16.3 Å². The predicted molar refractivity (Wildman–Crippen MR) is 91.8 cm³/mol. The van der Waals surface area contributed by atoms with E-state index in [1.807, 2.05) is 20.9 Å². The number of aromatic nitrogens is 3. The first kappa shape index (κ1) is 16.1. The summed E-state index contributed by atoms with van der Waals surface area (Å²) in [4.78, 5) is 16.7. The van der Waals surface area contributed by atoms with Gasteiger partial charge >= 0.3 is 0 Å². The van der Waals surface area contributed by atoms with Gasteiger partial charge in [-0.1, -0.05) is 18.0 Å². The van der Waals surface area contributed by atoms with Gasteiger partial charge in [0.25, 0.3) is 0 Å². The van der Waals surface area contributed by atoms with Gasteiger partial charge in [-0.15, -0.1) is 0 Å². The number of fused-ring (bicyclic) bond motifs is 1. The molecule has 124 valence electrons. The molecule has 3 rings (SSSR count). The lowest BCUT2D eigenvalue weighted by molar-refractivity contribution is -0.124. The first-order valence-corrected chi connectivity index (χ1v) is 8.29. The first-order chi connectivity index (χ1) is 10.9. The van der Waals surface area contributed by atoms with Crippen molar-refractivity contribution in [3.8, 4) is 0 Å². The van der Waals surface area contributed by atoms with Gasteiger partial charge in [-0.25, -0.2) is 4.98 Å². The summed E-state index contributed by atoms with van der Waals surface area (Å²) in [5.41, 5.74) is 2.53. The molecule has 2 heterocycles. The van der Waals surface area contributed by atoms with Gasteiger partial charge in [-0.2, -0.15) is 5.10 Å². The second kappa shape index (κ2) is 6.00. The van der Waals surface area contributed by atoms with Crippen molar-refractivity contribution >= 4 is 34.4 Å². The van der Waals surface area contributed by atoms with E-state index in [0.717, 1.165) is 47.4 Å². The molecule has 1 aliphatic carbocycles. The number of hydrogen-bond donors (Lipinski definition) is 2. The van der Waals surface area contributed by atoms with Crippen LogP contribution >= 0.6 is 11.6 Å². The molecule has 1 aliphatic rings. The minimum absolute atomic E-state index is 0.0241. The molecule has 0 aliphatic heterocycles. The van der Waals surface area contributed by atoms with E-state index < -0.39 is 0 Å². The molecule has 0 bridgehead atoms. The Bertz CT molecular complexity index is 770. The standard InChI is InChI=1S/C16H22ClN5O/c1-8-13(17)12-9(2)21-22(4)15(12)20-14(8)19-11-7-5-6-10(11)16(23)18-3/h10-11H,5-7H2,1-4H3,(H,18,23)(H,19,20)/t10-,11+/m0/s1. The quantitative estimate of drug-likeness (QED) is 0.904. The van der Waals surface area contributed by atoms with Gasteiger partial charge in [0, 0.05) is 25.7 Å². The van der Waals surface area contributed by atoms with Crippen LogP contribution in [0.1, 0.15) is 30.5 Å². The number of pyridine rings is 1. The largest absolute Gasteiger partial charge is 0.366 e. The molecule has 1 amide bonds. The maximum Gasteiger partial charge on any atom is 0.224 e. The zero-order valence-corrected chi connectivity index (χ0v) is 14.7. The number of nitrogens with one attached hydrogen (secondary N) is 2. The third kappa shape index (κ3) is 2.65. The highest BCUT2D eigenvalue weighted by Gasteiger charge is 2.33. The van der Waals surface area contributed by atoms with Crippen LogP contribution < -0.4 is 10.6 Å². The number of nitrogens with zero attached hydrogens (tertiary/aromatic N) is 3. The summed E-state index contributed by atoms with van der Waals surface area (Å²) in [6, 6.07) is 0.0870. The predicted octanol–water partition coefficient (Wildman–Crippen LogP) is 2.57. The maximum absolute atomic E-state index is 12.0. The van der Waals surface area contributed by atoms with E-state index in [4.69, 9.17) is 16.6 Å². The molecule has 0 spiro atoms. The van der Waals surface area contributed by atoms with E-state index in [0.29, 0.717) is 5.02 Å². The molecule has 23 heavy (non-hydrogen) atoms. The highest BCUT2D eigenvalue weighted by atomic mass is 35.5. The van der Waals surface area contributed by atoms with Crippen molar-refractivity contribution in [2.24, 2.45) is 13.0 Å². The number of halogens is 1. The summed E-state index contributed by atoms with van der Waals surface area (Å²) >= 11 is 6.55. The molecule has 2 aromatic rings. The molecular weight excluding hydrogens is 314 g/mol. The molecule has 0 radical (unpaired) electrons. The molecule has 0 unspecified atom stereocenters. The molecule has 0 aromatic carbocycles. The highest BCUT2D eigenvalue weighted by molar-refractivity contribution is 6.36. The lowest BCUT2D eigenvalue weighted by Gasteiger charge is -2.21. The molecule has 2 N–H and O–H groups in total. The van der Waals surface area contributed by atoms with Gasteiger partial charge in [0.1, 0.15) is 5.82 Å². The summed E-state index contributed by atoms with van der Waals surface area (Å²) in [5.74, 6) is 0.802. The van der Waals surface area contributed by atoms with Crippen LogP contribution in [0.3, 0.4) is 0 Å². The van der Waals surface area contributed by atoms with Crippen molar-refractivity contribution in [2.45, 2.75) is 39.2 Å². The second-order valence-electron chi connectivity index (χ2n) is 6.21. The number of hydrogen-bond acceptors (Lipinski definition) is 4. The van der Waals surface area contributed by atoms with E-state index in [1.54, 1.807) is 11.7 Å². The lowest BCUT2D eigenvalue weighted by atomic mass is 10.0. The van der Waals surface area contributed by atoms with E-state index in [9.17, 15) is 4.79 Å². The highest BCUT2D eigenvalue weighted by Crippen LogP contribution is 2.34. The minimum atomic E-state index is -0.0241. The topological polar surface area (TPSA) is 71.8 Å². The van der Waals surface area contributed by atoms with Crippen molar-refractivity contribution < 1.29 is 4.79 Å². The molecule has 6 nitrogen and oxygen atoms in total. The summed E-state index contributed by atoms with van der Waals surface area (Å²) in [7, 11) is 3.54. The average Bonchev–Trinajstić information content (AvgIpc) is 3.08. The summed E-state index contributed by atoms with van der Waals surface area (Å²) in [6.45, 7) is 3.88. The van der Waals surface area contributed by atoms with Gasteiger partial charge < -0.3 is 10.6 Å². The monoisotopic (exact) mass is 335 g/mol. The number of carbonyl (C=O) groups is 1. The van der Waals surface area contributed by atoms with Gasteiger partial charge in [-0.3, -0.25) is 9.48 Å². The Morgan fingerprint density at radius 2 is 2.09 bits per heavy atom. The smallest absolute Gasteiger partial charge is 0.224 e. The zero-order chi connectivity index (χ0) is 16.7. The summed E-state index contributed by atoms with van der Waals surface area (Å²) in [6.07, 6.45) is 2.89. The van der Waals surface area contributed by atoms with Gasteiger partial charge in [-0.05, 0) is 26.7 Å². The SMILES string of the molecule is CNC(=O)[C@H]1CCC[C@H]1Nc1nc2c(c(C)nn2C)c(Cl)c1C. The van der Waals surface area contributed by atoms with Gasteiger partial charge in [0.15, 0.2) is 5.65 Å². The molecular formula is C16H22ClN5O. The van der Waals surface area contributed by atoms with E-state index >= 15 is 0 Å². The zero-order valence-electron chi connectivity index (χ0n) is 13.9. The molecule has 2 atom stereocenters. The Balaban J connectivity index is 1.99. The Kier molecular flexibility index (Phi) is 4.19. The number of aryl methyl sites for hydroxylation is 2. The van der Waals surface area contributed by atoms with Crippen LogP contribution in [-0.2, 0) is 11.8 Å². The third-order valence-electron chi connectivity index (χ3n) is 4.73. The molecule has 1 saturated carbocycles. The van der Waals surface area contributed by atoms with Crippen LogP contribution in [0.5, 0.6) is 0 Å². The van der Waals surface area contributed by atoms with Crippen molar-refractivity contribution in [2.75, 3.05) is 12.4 Å². The average molecular weight is 336 g/mol. The first-order valence-electron chi connectivity index (χ1n) is 7.91. The maximum atomic E-state index is 12.0. The normalized spacial score (nSPS) is 20.9. The molecule has 2 aromatic heterocycles. The number of carbonyl (C=O) groups excluding carboxylic acids is 1. The van der Waals surface area contributed by atoms with Gasteiger partial charge in [0.05, 0.1) is 22.0 Å². The lowest BCUT2D eigenvalue weighted by Crippen LogP contribution is -2.36.